The molecule has 0 saturated heterocycles. The van der Waals surface area contributed by atoms with Crippen molar-refractivity contribution >= 4 is 50.7 Å². The fraction of sp³-hybridized carbons (Fsp3) is 0.0769. The van der Waals surface area contributed by atoms with Gasteiger partial charge in [0.15, 0.2) is 0 Å². The van der Waals surface area contributed by atoms with E-state index in [4.69, 9.17) is 40.5 Å². The van der Waals surface area contributed by atoms with E-state index >= 15 is 0 Å². The molecule has 1 atom stereocenters. The molecule has 2 N–H and O–H groups in total. The first-order valence-corrected chi connectivity index (χ1v) is 7.19. The molecule has 2 aromatic rings. The zero-order valence-corrected chi connectivity index (χ0v) is 13.3. The largest absolute Gasteiger partial charge is 0.320 e. The Morgan fingerprint density at radius 3 is 2.37 bits per heavy atom. The number of hydrogen-bond acceptors (Lipinski definition) is 1. The van der Waals surface area contributed by atoms with Crippen LogP contribution in [-0.4, -0.2) is 0 Å². The fourth-order valence-electron chi connectivity index (χ4n) is 1.71. The van der Waals surface area contributed by atoms with Crippen molar-refractivity contribution < 1.29 is 4.39 Å². The Morgan fingerprint density at radius 1 is 1.00 bits per heavy atom. The molecule has 2 aromatic carbocycles. The first-order chi connectivity index (χ1) is 8.93. The second-order valence-corrected chi connectivity index (χ2v) is 5.90. The zero-order chi connectivity index (χ0) is 14.2. The monoisotopic (exact) mass is 381 g/mol. The van der Waals surface area contributed by atoms with Crippen molar-refractivity contribution in [2.45, 2.75) is 6.04 Å². The van der Waals surface area contributed by atoms with Crippen LogP contribution in [0.4, 0.5) is 4.39 Å². The maximum absolute atomic E-state index is 14.1. The second kappa shape index (κ2) is 5.98. The number of nitrogens with two attached hydrogens (primary N) is 1. The molecule has 1 nitrogen and oxygen atoms in total. The molecule has 0 aromatic heterocycles. The summed E-state index contributed by atoms with van der Waals surface area (Å²) < 4.78 is 14.6. The van der Waals surface area contributed by atoms with Crippen LogP contribution < -0.4 is 5.73 Å². The van der Waals surface area contributed by atoms with Crippen molar-refractivity contribution in [2.24, 2.45) is 5.73 Å². The van der Waals surface area contributed by atoms with Gasteiger partial charge in [0.05, 0.1) is 21.1 Å². The smallest absolute Gasteiger partial charge is 0.148 e. The van der Waals surface area contributed by atoms with Crippen LogP contribution in [0.15, 0.2) is 34.8 Å². The van der Waals surface area contributed by atoms with Crippen molar-refractivity contribution in [3.05, 3.63) is 66.8 Å². The predicted molar refractivity (Wildman–Crippen MR) is 81.6 cm³/mol. The van der Waals surface area contributed by atoms with Gasteiger partial charge in [-0.3, -0.25) is 0 Å². The molecule has 19 heavy (non-hydrogen) atoms. The van der Waals surface area contributed by atoms with Gasteiger partial charge in [-0.05, 0) is 33.6 Å². The summed E-state index contributed by atoms with van der Waals surface area (Å²) in [4.78, 5) is 0. The first-order valence-electron chi connectivity index (χ1n) is 5.26. The van der Waals surface area contributed by atoms with E-state index in [1.54, 1.807) is 30.3 Å². The molecule has 0 aliphatic carbocycles. The van der Waals surface area contributed by atoms with Gasteiger partial charge in [-0.25, -0.2) is 4.39 Å². The predicted octanol–water partition coefficient (Wildman–Crippen LogP) is 5.60. The normalized spacial score (nSPS) is 12.5. The third kappa shape index (κ3) is 2.91. The van der Waals surface area contributed by atoms with Gasteiger partial charge in [0, 0.05) is 10.0 Å². The van der Waals surface area contributed by atoms with E-state index in [9.17, 15) is 4.39 Å². The highest BCUT2D eigenvalue weighted by molar-refractivity contribution is 9.10. The quantitative estimate of drug-likeness (QED) is 0.672. The second-order valence-electron chi connectivity index (χ2n) is 3.89. The van der Waals surface area contributed by atoms with E-state index in [2.05, 4.69) is 15.9 Å². The molecule has 0 bridgehead atoms. The minimum Gasteiger partial charge on any atom is -0.320 e. The molecule has 1 unspecified atom stereocenters. The number of benzene rings is 2. The molecular formula is C13H8BrCl3FN. The molecule has 2 rings (SSSR count). The Labute approximate surface area is 133 Å². The Morgan fingerprint density at radius 2 is 1.68 bits per heavy atom. The maximum atomic E-state index is 14.1. The summed E-state index contributed by atoms with van der Waals surface area (Å²) in [5, 5.41) is 0.680. The standard InChI is InChI=1S/C13H8BrCl3FN/c14-8-5-4-7(12(18)11(8)17)13(19)6-2-1-3-9(15)10(6)16/h1-5,13H,19H2. The van der Waals surface area contributed by atoms with E-state index < -0.39 is 11.9 Å². The zero-order valence-electron chi connectivity index (χ0n) is 9.43. The van der Waals surface area contributed by atoms with Gasteiger partial charge in [0.1, 0.15) is 5.82 Å². The lowest BCUT2D eigenvalue weighted by atomic mass is 9.99. The number of rotatable bonds is 2. The van der Waals surface area contributed by atoms with Crippen molar-refractivity contribution in [3.8, 4) is 0 Å². The van der Waals surface area contributed by atoms with Crippen molar-refractivity contribution in [1.82, 2.24) is 0 Å². The fourth-order valence-corrected chi connectivity index (χ4v) is 2.61. The molecular weight excluding hydrogens is 375 g/mol. The Hall–Kier alpha value is -0.320. The third-order valence-electron chi connectivity index (χ3n) is 2.72. The van der Waals surface area contributed by atoms with Crippen LogP contribution in [0.2, 0.25) is 15.1 Å². The lowest BCUT2D eigenvalue weighted by Gasteiger charge is -2.16. The van der Waals surface area contributed by atoms with Gasteiger partial charge >= 0.3 is 0 Å². The number of halogens is 5. The molecule has 0 amide bonds. The van der Waals surface area contributed by atoms with Crippen LogP contribution in [0.3, 0.4) is 0 Å². The maximum Gasteiger partial charge on any atom is 0.148 e. The molecule has 100 valence electrons. The third-order valence-corrected chi connectivity index (χ3v) is 4.81. The molecule has 6 heteroatoms. The van der Waals surface area contributed by atoms with Crippen molar-refractivity contribution in [1.29, 1.82) is 0 Å². The summed E-state index contributed by atoms with van der Waals surface area (Å²) in [6.45, 7) is 0. The van der Waals surface area contributed by atoms with E-state index in [1.165, 1.54) is 0 Å². The summed E-state index contributed by atoms with van der Waals surface area (Å²) in [6.07, 6.45) is 0. The van der Waals surface area contributed by atoms with Crippen LogP contribution in [0.5, 0.6) is 0 Å². The Balaban J connectivity index is 2.53. The minimum absolute atomic E-state index is 0.00824. The number of hydrogen-bond donors (Lipinski definition) is 1. The lowest BCUT2D eigenvalue weighted by Crippen LogP contribution is -2.14. The highest BCUT2D eigenvalue weighted by atomic mass is 79.9. The average Bonchev–Trinajstić information content (AvgIpc) is 2.39. The van der Waals surface area contributed by atoms with Crippen molar-refractivity contribution in [3.63, 3.8) is 0 Å². The van der Waals surface area contributed by atoms with E-state index in [0.29, 0.717) is 20.1 Å². The minimum atomic E-state index is -0.739. The highest BCUT2D eigenvalue weighted by Gasteiger charge is 2.20. The van der Waals surface area contributed by atoms with Gasteiger partial charge in [-0.15, -0.1) is 0 Å². The summed E-state index contributed by atoms with van der Waals surface area (Å²) in [7, 11) is 0. The van der Waals surface area contributed by atoms with Gasteiger partial charge in [0.2, 0.25) is 0 Å². The summed E-state index contributed by atoms with van der Waals surface area (Å²) in [6, 6.07) is 7.52. The van der Waals surface area contributed by atoms with Crippen LogP contribution in [-0.2, 0) is 0 Å². The molecule has 0 fully saturated rings. The molecule has 0 aliphatic rings. The van der Waals surface area contributed by atoms with Crippen LogP contribution in [0.1, 0.15) is 17.2 Å². The van der Waals surface area contributed by atoms with Crippen LogP contribution >= 0.6 is 50.7 Å². The lowest BCUT2D eigenvalue weighted by molar-refractivity contribution is 0.599. The average molecular weight is 383 g/mol. The van der Waals surface area contributed by atoms with Gasteiger partial charge < -0.3 is 5.73 Å². The topological polar surface area (TPSA) is 26.0 Å². The molecule has 0 aliphatic heterocycles. The van der Waals surface area contributed by atoms with Crippen LogP contribution in [0.25, 0.3) is 0 Å². The summed E-state index contributed by atoms with van der Waals surface area (Å²) >= 11 is 21.0. The summed E-state index contributed by atoms with van der Waals surface area (Å²) in [5.74, 6) is -0.570. The van der Waals surface area contributed by atoms with Gasteiger partial charge in [-0.2, -0.15) is 0 Å². The van der Waals surface area contributed by atoms with Crippen LogP contribution in [0, 0.1) is 5.82 Å². The van der Waals surface area contributed by atoms with Crippen molar-refractivity contribution in [2.75, 3.05) is 0 Å². The van der Waals surface area contributed by atoms with E-state index in [0.717, 1.165) is 0 Å². The molecule has 0 spiro atoms. The summed E-state index contributed by atoms with van der Waals surface area (Å²) in [5.41, 5.74) is 6.86. The Kier molecular flexibility index (Phi) is 4.75. The SMILES string of the molecule is NC(c1ccc(Br)c(Cl)c1F)c1cccc(Cl)c1Cl. The van der Waals surface area contributed by atoms with E-state index in [-0.39, 0.29) is 10.6 Å². The highest BCUT2D eigenvalue weighted by Crippen LogP contribution is 2.35. The Bertz CT molecular complexity index is 634. The molecule has 0 radical (unpaired) electrons. The molecule has 0 heterocycles. The van der Waals surface area contributed by atoms with Gasteiger partial charge in [0.25, 0.3) is 0 Å². The first kappa shape index (κ1) is 15.1. The van der Waals surface area contributed by atoms with E-state index in [1.807, 2.05) is 0 Å². The van der Waals surface area contributed by atoms with Gasteiger partial charge in [-0.1, -0.05) is 53.0 Å². The molecule has 0 saturated carbocycles.